The first kappa shape index (κ1) is 12.7. The highest BCUT2D eigenvalue weighted by Crippen LogP contribution is 2.23. The number of halogens is 1. The summed E-state index contributed by atoms with van der Waals surface area (Å²) in [5, 5.41) is 0.426. The van der Waals surface area contributed by atoms with Gasteiger partial charge in [0.05, 0.1) is 17.7 Å². The zero-order valence-corrected chi connectivity index (χ0v) is 10.8. The maximum Gasteiger partial charge on any atom is 0.339 e. The predicted molar refractivity (Wildman–Crippen MR) is 72.0 cm³/mol. The van der Waals surface area contributed by atoms with E-state index in [0.29, 0.717) is 17.0 Å². The summed E-state index contributed by atoms with van der Waals surface area (Å²) < 4.78 is 4.77. The Morgan fingerprint density at radius 3 is 2.50 bits per heavy atom. The molecule has 3 heteroatoms. The number of carbonyl (C=O) groups is 1. The average Bonchev–Trinajstić information content (AvgIpc) is 2.39. The van der Waals surface area contributed by atoms with E-state index in [1.807, 2.05) is 42.5 Å². The van der Waals surface area contributed by atoms with Gasteiger partial charge in [0, 0.05) is 0 Å². The van der Waals surface area contributed by atoms with Crippen LogP contribution in [0.5, 0.6) is 0 Å². The van der Waals surface area contributed by atoms with Gasteiger partial charge in [-0.3, -0.25) is 0 Å². The maximum atomic E-state index is 11.7. The van der Waals surface area contributed by atoms with Gasteiger partial charge in [-0.2, -0.15) is 0 Å². The summed E-state index contributed by atoms with van der Waals surface area (Å²) in [7, 11) is 1.36. The molecule has 0 radical (unpaired) electrons. The Hall–Kier alpha value is -1.80. The number of methoxy groups -OCH3 is 1. The van der Waals surface area contributed by atoms with E-state index >= 15 is 0 Å². The minimum Gasteiger partial charge on any atom is -0.465 e. The molecular weight excluding hydrogens is 248 g/mol. The lowest BCUT2D eigenvalue weighted by atomic mass is 10.00. The van der Waals surface area contributed by atoms with Gasteiger partial charge < -0.3 is 4.74 Å². The number of hydrogen-bond acceptors (Lipinski definition) is 2. The fourth-order valence-electron chi connectivity index (χ4n) is 1.86. The summed E-state index contributed by atoms with van der Waals surface area (Å²) in [6.07, 6.45) is 0.659. The molecule has 18 heavy (non-hydrogen) atoms. The minimum atomic E-state index is -0.397. The van der Waals surface area contributed by atoms with Gasteiger partial charge >= 0.3 is 5.97 Å². The number of hydrogen-bond donors (Lipinski definition) is 0. The molecule has 0 saturated carbocycles. The largest absolute Gasteiger partial charge is 0.465 e. The van der Waals surface area contributed by atoms with E-state index in [1.165, 1.54) is 7.11 Å². The van der Waals surface area contributed by atoms with Crippen LogP contribution in [0.25, 0.3) is 0 Å². The Morgan fingerprint density at radius 2 is 1.83 bits per heavy atom. The van der Waals surface area contributed by atoms with E-state index in [-0.39, 0.29) is 0 Å². The van der Waals surface area contributed by atoms with Gasteiger partial charge in [-0.15, -0.1) is 0 Å². The highest BCUT2D eigenvalue weighted by atomic mass is 35.5. The van der Waals surface area contributed by atoms with Crippen molar-refractivity contribution in [2.24, 2.45) is 0 Å². The Kier molecular flexibility index (Phi) is 4.00. The van der Waals surface area contributed by atoms with Crippen molar-refractivity contribution < 1.29 is 9.53 Å². The second-order valence-corrected chi connectivity index (χ2v) is 4.34. The van der Waals surface area contributed by atoms with Crippen molar-refractivity contribution in [2.75, 3.05) is 7.11 Å². The van der Waals surface area contributed by atoms with Crippen LogP contribution in [-0.4, -0.2) is 13.1 Å². The van der Waals surface area contributed by atoms with Crippen LogP contribution >= 0.6 is 11.6 Å². The lowest BCUT2D eigenvalue weighted by Gasteiger charge is -2.09. The molecule has 0 aromatic heterocycles. The SMILES string of the molecule is COC(=O)c1c(Cl)cccc1Cc1ccccc1. The third kappa shape index (κ3) is 2.71. The number of rotatable bonds is 3. The van der Waals surface area contributed by atoms with Gasteiger partial charge in [-0.1, -0.05) is 54.1 Å². The van der Waals surface area contributed by atoms with Crippen LogP contribution in [0, 0.1) is 0 Å². The molecule has 0 spiro atoms. The summed E-state index contributed by atoms with van der Waals surface area (Å²) >= 11 is 6.07. The topological polar surface area (TPSA) is 26.3 Å². The van der Waals surface area contributed by atoms with Crippen LogP contribution in [0.3, 0.4) is 0 Å². The molecule has 0 heterocycles. The van der Waals surface area contributed by atoms with Gasteiger partial charge in [-0.05, 0) is 23.6 Å². The van der Waals surface area contributed by atoms with Crippen molar-refractivity contribution in [3.05, 3.63) is 70.2 Å². The standard InChI is InChI=1S/C15H13ClO2/c1-18-15(17)14-12(8-5-9-13(14)16)10-11-6-3-2-4-7-11/h2-9H,10H2,1H3. The van der Waals surface area contributed by atoms with Crippen LogP contribution in [0.2, 0.25) is 5.02 Å². The van der Waals surface area contributed by atoms with Crippen molar-refractivity contribution in [3.63, 3.8) is 0 Å². The third-order valence-corrected chi connectivity index (χ3v) is 3.04. The second kappa shape index (κ2) is 5.69. The van der Waals surface area contributed by atoms with Crippen LogP contribution in [0.4, 0.5) is 0 Å². The van der Waals surface area contributed by atoms with Crippen molar-refractivity contribution in [1.82, 2.24) is 0 Å². The molecule has 0 amide bonds. The van der Waals surface area contributed by atoms with Gasteiger partial charge in [0.1, 0.15) is 0 Å². The van der Waals surface area contributed by atoms with Crippen LogP contribution in [0.15, 0.2) is 48.5 Å². The molecule has 2 rings (SSSR count). The number of ether oxygens (including phenoxy) is 1. The highest BCUT2D eigenvalue weighted by Gasteiger charge is 2.15. The molecule has 0 aliphatic rings. The molecule has 0 aliphatic carbocycles. The van der Waals surface area contributed by atoms with Gasteiger partial charge in [0.2, 0.25) is 0 Å². The normalized spacial score (nSPS) is 10.1. The lowest BCUT2D eigenvalue weighted by Crippen LogP contribution is -2.07. The van der Waals surface area contributed by atoms with E-state index in [4.69, 9.17) is 16.3 Å². The van der Waals surface area contributed by atoms with E-state index in [1.54, 1.807) is 6.07 Å². The number of carbonyl (C=O) groups excluding carboxylic acids is 1. The zero-order valence-electron chi connectivity index (χ0n) is 10.0. The van der Waals surface area contributed by atoms with E-state index < -0.39 is 5.97 Å². The third-order valence-electron chi connectivity index (χ3n) is 2.73. The maximum absolute atomic E-state index is 11.7. The monoisotopic (exact) mass is 260 g/mol. The van der Waals surface area contributed by atoms with Crippen LogP contribution < -0.4 is 0 Å². The Morgan fingerprint density at radius 1 is 1.11 bits per heavy atom. The number of esters is 1. The van der Waals surface area contributed by atoms with Crippen LogP contribution in [0.1, 0.15) is 21.5 Å². The first-order chi connectivity index (χ1) is 8.72. The summed E-state index contributed by atoms with van der Waals surface area (Å²) in [6.45, 7) is 0. The first-order valence-electron chi connectivity index (χ1n) is 5.62. The van der Waals surface area contributed by atoms with Crippen LogP contribution in [-0.2, 0) is 11.2 Å². The van der Waals surface area contributed by atoms with E-state index in [2.05, 4.69) is 0 Å². The zero-order chi connectivity index (χ0) is 13.0. The molecule has 0 saturated heterocycles. The molecule has 2 aromatic carbocycles. The molecule has 92 valence electrons. The van der Waals surface area contributed by atoms with Gasteiger partial charge in [0.15, 0.2) is 0 Å². The average molecular weight is 261 g/mol. The van der Waals surface area contributed by atoms with Crippen molar-refractivity contribution in [3.8, 4) is 0 Å². The highest BCUT2D eigenvalue weighted by molar-refractivity contribution is 6.33. The van der Waals surface area contributed by atoms with Crippen molar-refractivity contribution in [2.45, 2.75) is 6.42 Å². The molecule has 0 unspecified atom stereocenters. The fraction of sp³-hybridized carbons (Fsp3) is 0.133. The summed E-state index contributed by atoms with van der Waals surface area (Å²) in [5.74, 6) is -0.397. The summed E-state index contributed by atoms with van der Waals surface area (Å²) in [4.78, 5) is 11.7. The Balaban J connectivity index is 2.39. The number of benzene rings is 2. The van der Waals surface area contributed by atoms with Crippen molar-refractivity contribution in [1.29, 1.82) is 0 Å². The molecule has 0 bridgehead atoms. The molecule has 0 atom stereocenters. The predicted octanol–water partition coefficient (Wildman–Crippen LogP) is 3.72. The van der Waals surface area contributed by atoms with Gasteiger partial charge in [0.25, 0.3) is 0 Å². The van der Waals surface area contributed by atoms with E-state index in [9.17, 15) is 4.79 Å². The lowest BCUT2D eigenvalue weighted by molar-refractivity contribution is 0.0600. The summed E-state index contributed by atoms with van der Waals surface area (Å²) in [6, 6.07) is 15.4. The fourth-order valence-corrected chi connectivity index (χ4v) is 2.13. The Labute approximate surface area is 111 Å². The quantitative estimate of drug-likeness (QED) is 0.787. The minimum absolute atomic E-state index is 0.397. The molecule has 2 aromatic rings. The van der Waals surface area contributed by atoms with Crippen molar-refractivity contribution >= 4 is 17.6 Å². The summed E-state index contributed by atoms with van der Waals surface area (Å²) in [5.41, 5.74) is 2.45. The molecule has 2 nitrogen and oxygen atoms in total. The molecule has 0 fully saturated rings. The second-order valence-electron chi connectivity index (χ2n) is 3.93. The molecule has 0 N–H and O–H groups in total. The van der Waals surface area contributed by atoms with E-state index in [0.717, 1.165) is 11.1 Å². The van der Waals surface area contributed by atoms with Gasteiger partial charge in [-0.25, -0.2) is 4.79 Å². The molecular formula is C15H13ClO2. The first-order valence-corrected chi connectivity index (χ1v) is 6.00. The Bertz CT molecular complexity index is 550. The molecule has 0 aliphatic heterocycles. The smallest absolute Gasteiger partial charge is 0.339 e.